The Balaban J connectivity index is 2.85. The van der Waals surface area contributed by atoms with Crippen LogP contribution in [0.1, 0.15) is 19.5 Å². The third-order valence-corrected chi connectivity index (χ3v) is 2.94. The Morgan fingerprint density at radius 3 is 2.85 bits per heavy atom. The van der Waals surface area contributed by atoms with Crippen LogP contribution in [0.5, 0.6) is 0 Å². The van der Waals surface area contributed by atoms with E-state index in [1.165, 1.54) is 12.5 Å². The van der Waals surface area contributed by atoms with E-state index in [1.54, 1.807) is 13.8 Å². The summed E-state index contributed by atoms with van der Waals surface area (Å²) >= 11 is 1.09. The fraction of sp³-hybridized carbons (Fsp3) is 0.455. The Labute approximate surface area is 119 Å². The summed E-state index contributed by atoms with van der Waals surface area (Å²) in [5.74, 6) is -1.63. The molecular weight excluding hydrogens is 286 g/mol. The van der Waals surface area contributed by atoms with Gasteiger partial charge in [0.05, 0.1) is 0 Å². The lowest BCUT2D eigenvalue weighted by molar-refractivity contribution is -0.129. The van der Waals surface area contributed by atoms with Crippen LogP contribution in [0.15, 0.2) is 10.5 Å². The van der Waals surface area contributed by atoms with Crippen LogP contribution in [-0.2, 0) is 19.2 Å². The number of nitrogens with one attached hydrogen (secondary N) is 1. The van der Waals surface area contributed by atoms with E-state index in [0.717, 1.165) is 11.3 Å². The molecule has 1 aromatic rings. The van der Waals surface area contributed by atoms with E-state index in [4.69, 9.17) is 14.7 Å². The van der Waals surface area contributed by atoms with Crippen LogP contribution in [0.2, 0.25) is 0 Å². The minimum Gasteiger partial charge on any atom is -0.476 e. The van der Waals surface area contributed by atoms with Crippen molar-refractivity contribution in [1.82, 2.24) is 4.98 Å². The lowest BCUT2D eigenvalue weighted by Gasteiger charge is -2.07. The molecule has 1 atom stereocenters. The zero-order valence-corrected chi connectivity index (χ0v) is 12.1. The summed E-state index contributed by atoms with van der Waals surface area (Å²) in [6, 6.07) is 0. The maximum Gasteiger partial charge on any atom is 0.360 e. The Morgan fingerprint density at radius 1 is 1.60 bits per heavy atom. The van der Waals surface area contributed by atoms with E-state index in [-0.39, 0.29) is 29.1 Å². The van der Waals surface area contributed by atoms with E-state index in [2.05, 4.69) is 15.5 Å². The molecule has 1 amide bonds. The van der Waals surface area contributed by atoms with Crippen molar-refractivity contribution in [1.29, 1.82) is 0 Å². The summed E-state index contributed by atoms with van der Waals surface area (Å²) in [7, 11) is 1.41. The van der Waals surface area contributed by atoms with Crippen molar-refractivity contribution in [2.75, 3.05) is 19.0 Å². The van der Waals surface area contributed by atoms with Gasteiger partial charge in [0.2, 0.25) is 5.71 Å². The van der Waals surface area contributed by atoms with Crippen LogP contribution < -0.4 is 5.32 Å². The number of carboxylic acids is 1. The van der Waals surface area contributed by atoms with Gasteiger partial charge in [-0.1, -0.05) is 5.16 Å². The number of amides is 1. The highest BCUT2D eigenvalue weighted by Crippen LogP contribution is 2.17. The third-order valence-electron chi connectivity index (χ3n) is 2.19. The lowest BCUT2D eigenvalue weighted by Crippen LogP contribution is -2.26. The smallest absolute Gasteiger partial charge is 0.360 e. The fourth-order valence-electron chi connectivity index (χ4n) is 1.08. The molecular formula is C11H15N3O5S. The van der Waals surface area contributed by atoms with Crippen LogP contribution >= 0.6 is 11.3 Å². The van der Waals surface area contributed by atoms with Crippen molar-refractivity contribution in [2.45, 2.75) is 20.0 Å². The van der Waals surface area contributed by atoms with Crippen molar-refractivity contribution in [3.05, 3.63) is 11.1 Å². The van der Waals surface area contributed by atoms with Crippen molar-refractivity contribution >= 4 is 34.1 Å². The molecule has 1 rings (SSSR count). The molecule has 0 aliphatic carbocycles. The fourth-order valence-corrected chi connectivity index (χ4v) is 1.78. The Kier molecular flexibility index (Phi) is 6.07. The van der Waals surface area contributed by atoms with Crippen LogP contribution in [0, 0.1) is 0 Å². The van der Waals surface area contributed by atoms with Gasteiger partial charge >= 0.3 is 5.97 Å². The number of anilines is 1. The largest absolute Gasteiger partial charge is 0.476 e. The molecule has 0 saturated heterocycles. The lowest BCUT2D eigenvalue weighted by atomic mass is 10.3. The molecule has 20 heavy (non-hydrogen) atoms. The number of carbonyl (C=O) groups is 2. The number of rotatable bonds is 7. The number of nitrogens with zero attached hydrogens (tertiary/aromatic N) is 2. The van der Waals surface area contributed by atoms with Crippen LogP contribution in [0.4, 0.5) is 5.13 Å². The molecule has 8 nitrogen and oxygen atoms in total. The minimum absolute atomic E-state index is 0.122. The van der Waals surface area contributed by atoms with Gasteiger partial charge in [0, 0.05) is 12.5 Å². The number of ether oxygens (including phenoxy) is 1. The SMILES string of the molecule is CCON=C(C(=O)O)c1csc(NC(=O)C(C)OC)n1. The van der Waals surface area contributed by atoms with Crippen molar-refractivity contribution in [3.63, 3.8) is 0 Å². The topological polar surface area (TPSA) is 110 Å². The van der Waals surface area contributed by atoms with Crippen LogP contribution in [0.25, 0.3) is 0 Å². The van der Waals surface area contributed by atoms with E-state index in [0.29, 0.717) is 0 Å². The number of hydrogen-bond donors (Lipinski definition) is 2. The molecule has 1 heterocycles. The van der Waals surface area contributed by atoms with Gasteiger partial charge < -0.3 is 14.7 Å². The van der Waals surface area contributed by atoms with E-state index >= 15 is 0 Å². The number of hydrogen-bond acceptors (Lipinski definition) is 7. The molecule has 0 aliphatic heterocycles. The first-order valence-corrected chi connectivity index (χ1v) is 6.60. The first kappa shape index (κ1) is 16.1. The second-order valence-corrected chi connectivity index (χ2v) is 4.43. The monoisotopic (exact) mass is 301 g/mol. The standard InChI is InChI=1S/C11H15N3O5S/c1-4-19-14-8(10(16)17)7-5-20-11(12-7)13-9(15)6(2)18-3/h5-6H,4H2,1-3H3,(H,16,17)(H,12,13,15). The average molecular weight is 301 g/mol. The van der Waals surface area contributed by atoms with Crippen molar-refractivity contribution in [2.24, 2.45) is 5.16 Å². The van der Waals surface area contributed by atoms with Gasteiger partial charge in [-0.05, 0) is 13.8 Å². The quantitative estimate of drug-likeness (QED) is 0.573. The summed E-state index contributed by atoms with van der Waals surface area (Å²) in [5.41, 5.74) is -0.195. The summed E-state index contributed by atoms with van der Waals surface area (Å²) in [6.07, 6.45) is -0.626. The van der Waals surface area contributed by atoms with E-state index < -0.39 is 12.1 Å². The minimum atomic E-state index is -1.26. The van der Waals surface area contributed by atoms with Gasteiger partial charge in [-0.15, -0.1) is 11.3 Å². The predicted molar refractivity (Wildman–Crippen MR) is 73.0 cm³/mol. The van der Waals surface area contributed by atoms with Gasteiger partial charge in [-0.3, -0.25) is 10.1 Å². The highest BCUT2D eigenvalue weighted by molar-refractivity contribution is 7.14. The number of carboxylic acid groups (broad SMARTS) is 1. The number of thiazole rings is 1. The van der Waals surface area contributed by atoms with Gasteiger partial charge in [-0.25, -0.2) is 9.78 Å². The normalized spacial score (nSPS) is 12.8. The predicted octanol–water partition coefficient (Wildman–Crippen LogP) is 0.942. The van der Waals surface area contributed by atoms with Crippen LogP contribution in [-0.4, -0.2) is 47.5 Å². The maximum atomic E-state index is 11.6. The van der Waals surface area contributed by atoms with E-state index in [1.807, 2.05) is 0 Å². The van der Waals surface area contributed by atoms with Gasteiger partial charge in [0.1, 0.15) is 18.4 Å². The van der Waals surface area contributed by atoms with Gasteiger partial charge in [0.15, 0.2) is 5.13 Å². The molecule has 110 valence electrons. The number of methoxy groups -OCH3 is 1. The third kappa shape index (κ3) is 4.28. The summed E-state index contributed by atoms with van der Waals surface area (Å²) in [5, 5.41) is 16.7. The molecule has 2 N–H and O–H groups in total. The van der Waals surface area contributed by atoms with Gasteiger partial charge in [-0.2, -0.15) is 0 Å². The van der Waals surface area contributed by atoms with Crippen LogP contribution in [0.3, 0.4) is 0 Å². The number of oxime groups is 1. The molecule has 0 saturated carbocycles. The zero-order chi connectivity index (χ0) is 15.1. The molecule has 1 aromatic heterocycles. The highest BCUT2D eigenvalue weighted by Gasteiger charge is 2.19. The molecule has 0 aromatic carbocycles. The first-order valence-electron chi connectivity index (χ1n) is 5.72. The zero-order valence-electron chi connectivity index (χ0n) is 11.2. The molecule has 9 heteroatoms. The maximum absolute atomic E-state index is 11.6. The molecule has 0 radical (unpaired) electrons. The average Bonchev–Trinajstić information content (AvgIpc) is 2.86. The van der Waals surface area contributed by atoms with E-state index in [9.17, 15) is 9.59 Å². The Bertz CT molecular complexity index is 514. The first-order chi connectivity index (χ1) is 9.49. The van der Waals surface area contributed by atoms with Crippen molar-refractivity contribution < 1.29 is 24.3 Å². The summed E-state index contributed by atoms with van der Waals surface area (Å²) in [4.78, 5) is 31.3. The number of carbonyl (C=O) groups excluding carboxylic acids is 1. The molecule has 0 bridgehead atoms. The summed E-state index contributed by atoms with van der Waals surface area (Å²) < 4.78 is 4.86. The Hall–Kier alpha value is -2.00. The second-order valence-electron chi connectivity index (χ2n) is 3.57. The number of aromatic nitrogens is 1. The van der Waals surface area contributed by atoms with Crippen molar-refractivity contribution in [3.8, 4) is 0 Å². The molecule has 0 fully saturated rings. The molecule has 0 aliphatic rings. The molecule has 1 unspecified atom stereocenters. The second kappa shape index (κ2) is 7.56. The molecule has 0 spiro atoms. The highest BCUT2D eigenvalue weighted by atomic mass is 32.1. The summed E-state index contributed by atoms with van der Waals surface area (Å²) in [6.45, 7) is 3.51. The number of aliphatic carboxylic acids is 1. The Morgan fingerprint density at radius 2 is 2.30 bits per heavy atom. The van der Waals surface area contributed by atoms with Gasteiger partial charge in [0.25, 0.3) is 5.91 Å².